The number of nitrogens with one attached hydrogen (secondary N) is 2. The van der Waals surface area contributed by atoms with Crippen LogP contribution in [0.15, 0.2) is 18.2 Å². The molecule has 0 heterocycles. The zero-order chi connectivity index (χ0) is 12.1. The van der Waals surface area contributed by atoms with Crippen molar-refractivity contribution in [2.45, 2.75) is 0 Å². The van der Waals surface area contributed by atoms with Crippen molar-refractivity contribution in [2.24, 2.45) is 0 Å². The van der Waals surface area contributed by atoms with Gasteiger partial charge < -0.3 is 15.7 Å². The summed E-state index contributed by atoms with van der Waals surface area (Å²) in [6, 6.07) is 3.37. The van der Waals surface area contributed by atoms with E-state index in [4.69, 9.17) is 5.11 Å². The summed E-state index contributed by atoms with van der Waals surface area (Å²) in [5, 5.41) is 13.7. The fraction of sp³-hybridized carbons (Fsp3) is 0.200. The van der Waals surface area contributed by atoms with E-state index in [1.807, 2.05) is 0 Å². The van der Waals surface area contributed by atoms with Gasteiger partial charge in [0.25, 0.3) is 0 Å². The number of carbonyl (C=O) groups is 2. The van der Waals surface area contributed by atoms with E-state index < -0.39 is 17.3 Å². The van der Waals surface area contributed by atoms with E-state index in [1.165, 1.54) is 6.07 Å². The monoisotopic (exact) mass is 226 g/mol. The third-order valence-corrected chi connectivity index (χ3v) is 1.82. The Bertz CT molecular complexity index is 421. The average molecular weight is 226 g/mol. The summed E-state index contributed by atoms with van der Waals surface area (Å²) in [4.78, 5) is 21.8. The lowest BCUT2D eigenvalue weighted by atomic mass is 10.2. The number of carbonyl (C=O) groups excluding carboxylic acids is 1. The summed E-state index contributed by atoms with van der Waals surface area (Å²) in [5.41, 5.74) is -0.221. The van der Waals surface area contributed by atoms with Gasteiger partial charge in [0.15, 0.2) is 0 Å². The molecule has 1 aromatic rings. The van der Waals surface area contributed by atoms with Crippen LogP contribution in [0.3, 0.4) is 0 Å². The fourth-order valence-electron chi connectivity index (χ4n) is 1.13. The zero-order valence-electron chi connectivity index (χ0n) is 8.58. The van der Waals surface area contributed by atoms with Crippen LogP contribution in [-0.4, -0.2) is 30.6 Å². The molecule has 1 amide bonds. The van der Waals surface area contributed by atoms with E-state index in [-0.39, 0.29) is 18.1 Å². The molecule has 0 spiro atoms. The van der Waals surface area contributed by atoms with Gasteiger partial charge in [0, 0.05) is 5.69 Å². The highest BCUT2D eigenvalue weighted by Crippen LogP contribution is 2.14. The Balaban J connectivity index is 2.87. The van der Waals surface area contributed by atoms with Crippen molar-refractivity contribution >= 4 is 17.6 Å². The molecule has 0 fully saturated rings. The largest absolute Gasteiger partial charge is 0.478 e. The molecule has 0 bridgehead atoms. The Morgan fingerprint density at radius 3 is 2.69 bits per heavy atom. The van der Waals surface area contributed by atoms with Crippen molar-refractivity contribution in [3.05, 3.63) is 29.6 Å². The van der Waals surface area contributed by atoms with Gasteiger partial charge in [-0.2, -0.15) is 0 Å². The number of amides is 1. The molecule has 0 aromatic heterocycles. The first-order valence-electron chi connectivity index (χ1n) is 4.52. The minimum atomic E-state index is -1.37. The predicted octanol–water partition coefficient (Wildman–Crippen LogP) is 0.682. The average Bonchev–Trinajstić information content (AvgIpc) is 2.21. The first kappa shape index (κ1) is 12.1. The molecule has 0 aliphatic rings. The van der Waals surface area contributed by atoms with Gasteiger partial charge in [-0.15, -0.1) is 0 Å². The van der Waals surface area contributed by atoms with Gasteiger partial charge >= 0.3 is 5.97 Å². The third kappa shape index (κ3) is 3.03. The highest BCUT2D eigenvalue weighted by molar-refractivity contribution is 5.94. The van der Waals surface area contributed by atoms with Gasteiger partial charge in [-0.1, -0.05) is 0 Å². The van der Waals surface area contributed by atoms with Crippen LogP contribution in [0.5, 0.6) is 0 Å². The number of carboxylic acid groups (broad SMARTS) is 1. The summed E-state index contributed by atoms with van der Waals surface area (Å²) >= 11 is 0. The third-order valence-electron chi connectivity index (χ3n) is 1.82. The maximum Gasteiger partial charge on any atom is 0.338 e. The molecule has 0 radical (unpaired) electrons. The Hall–Kier alpha value is -1.95. The number of anilines is 1. The van der Waals surface area contributed by atoms with Crippen molar-refractivity contribution in [1.29, 1.82) is 0 Å². The molecule has 0 aliphatic heterocycles. The number of halogens is 1. The van der Waals surface area contributed by atoms with E-state index in [2.05, 4.69) is 10.6 Å². The summed E-state index contributed by atoms with van der Waals surface area (Å²) in [5.74, 6) is -2.54. The summed E-state index contributed by atoms with van der Waals surface area (Å²) in [6.45, 7) is 0.0970. The molecule has 0 atom stereocenters. The second-order valence-electron chi connectivity index (χ2n) is 3.08. The molecule has 5 nitrogen and oxygen atoms in total. The number of hydrogen-bond acceptors (Lipinski definition) is 3. The number of hydrogen-bond donors (Lipinski definition) is 3. The Morgan fingerprint density at radius 2 is 2.12 bits per heavy atom. The smallest absolute Gasteiger partial charge is 0.338 e. The van der Waals surface area contributed by atoms with E-state index >= 15 is 0 Å². The second-order valence-corrected chi connectivity index (χ2v) is 3.08. The van der Waals surface area contributed by atoms with Gasteiger partial charge in [0.05, 0.1) is 12.1 Å². The number of likely N-dealkylation sites (N-methyl/N-ethyl adjacent to an activating group) is 1. The quantitative estimate of drug-likeness (QED) is 0.705. The van der Waals surface area contributed by atoms with Gasteiger partial charge in [-0.25, -0.2) is 9.18 Å². The van der Waals surface area contributed by atoms with Crippen LogP contribution in [0.4, 0.5) is 10.1 Å². The van der Waals surface area contributed by atoms with Crippen LogP contribution in [0.25, 0.3) is 0 Å². The first-order chi connectivity index (χ1) is 7.54. The lowest BCUT2D eigenvalue weighted by molar-refractivity contribution is -0.115. The maximum absolute atomic E-state index is 13.0. The lowest BCUT2D eigenvalue weighted by Gasteiger charge is -2.06. The second kappa shape index (κ2) is 5.22. The minimum absolute atomic E-state index is 0.0970. The molecule has 6 heteroatoms. The van der Waals surface area contributed by atoms with E-state index in [9.17, 15) is 14.0 Å². The number of carboxylic acids is 1. The molecule has 86 valence electrons. The molecule has 3 N–H and O–H groups in total. The van der Waals surface area contributed by atoms with Gasteiger partial charge in [0.2, 0.25) is 5.91 Å². The maximum atomic E-state index is 13.0. The Labute approximate surface area is 91.3 Å². The van der Waals surface area contributed by atoms with Gasteiger partial charge in [-0.05, 0) is 25.2 Å². The summed E-state index contributed by atoms with van der Waals surface area (Å²) in [6.07, 6.45) is 0. The molecule has 0 saturated carbocycles. The van der Waals surface area contributed by atoms with Crippen molar-refractivity contribution in [2.75, 3.05) is 18.9 Å². The lowest BCUT2D eigenvalue weighted by Crippen LogP contribution is -2.25. The highest BCUT2D eigenvalue weighted by atomic mass is 19.1. The first-order valence-corrected chi connectivity index (χ1v) is 4.52. The van der Waals surface area contributed by atoms with E-state index in [0.717, 1.165) is 12.1 Å². The van der Waals surface area contributed by atoms with E-state index in [0.29, 0.717) is 0 Å². The van der Waals surface area contributed by atoms with Crippen LogP contribution in [0.1, 0.15) is 10.4 Å². The Kier molecular flexibility index (Phi) is 3.96. The fourth-order valence-corrected chi connectivity index (χ4v) is 1.13. The van der Waals surface area contributed by atoms with Gasteiger partial charge in [0.1, 0.15) is 5.82 Å². The standard InChI is InChI=1S/C10H11FN2O3/c1-12-5-9(14)13-6-2-3-8(11)7(4-6)10(15)16/h2-4,12H,5H2,1H3,(H,13,14)(H,15,16). The van der Waals surface area contributed by atoms with Crippen molar-refractivity contribution in [3.8, 4) is 0 Å². The van der Waals surface area contributed by atoms with Crippen molar-refractivity contribution in [1.82, 2.24) is 5.32 Å². The van der Waals surface area contributed by atoms with Crippen LogP contribution in [-0.2, 0) is 4.79 Å². The predicted molar refractivity (Wildman–Crippen MR) is 55.9 cm³/mol. The highest BCUT2D eigenvalue weighted by Gasteiger charge is 2.11. The number of benzene rings is 1. The SMILES string of the molecule is CNCC(=O)Nc1ccc(F)c(C(=O)O)c1. The van der Waals surface area contributed by atoms with Crippen LogP contribution in [0.2, 0.25) is 0 Å². The topological polar surface area (TPSA) is 78.4 Å². The van der Waals surface area contributed by atoms with Crippen molar-refractivity contribution in [3.63, 3.8) is 0 Å². The van der Waals surface area contributed by atoms with Crippen LogP contribution < -0.4 is 10.6 Å². The summed E-state index contributed by atoms with van der Waals surface area (Å²) < 4.78 is 13.0. The normalized spacial score (nSPS) is 9.88. The van der Waals surface area contributed by atoms with Gasteiger partial charge in [-0.3, -0.25) is 4.79 Å². The zero-order valence-corrected chi connectivity index (χ0v) is 8.58. The van der Waals surface area contributed by atoms with Crippen LogP contribution in [0, 0.1) is 5.82 Å². The molecular formula is C10H11FN2O3. The van der Waals surface area contributed by atoms with Crippen molar-refractivity contribution < 1.29 is 19.1 Å². The summed E-state index contributed by atoms with van der Waals surface area (Å²) in [7, 11) is 1.60. The molecule has 1 rings (SSSR count). The molecule has 16 heavy (non-hydrogen) atoms. The van der Waals surface area contributed by atoms with Crippen LogP contribution >= 0.6 is 0 Å². The number of rotatable bonds is 4. The molecule has 0 unspecified atom stereocenters. The van der Waals surface area contributed by atoms with E-state index in [1.54, 1.807) is 7.05 Å². The molecule has 1 aromatic carbocycles. The minimum Gasteiger partial charge on any atom is -0.478 e. The molecular weight excluding hydrogens is 215 g/mol. The Morgan fingerprint density at radius 1 is 1.44 bits per heavy atom. The molecule has 0 aliphatic carbocycles. The molecule has 0 saturated heterocycles. The number of aromatic carboxylic acids is 1.